The Balaban J connectivity index is 1.68. The molecule has 3 rings (SSSR count). The van der Waals surface area contributed by atoms with Gasteiger partial charge in [0.05, 0.1) is 5.56 Å². The van der Waals surface area contributed by atoms with Crippen LogP contribution in [-0.2, 0) is 4.79 Å². The molecule has 1 aromatic heterocycles. The van der Waals surface area contributed by atoms with E-state index in [1.54, 1.807) is 37.3 Å². The number of H-pyrrole nitrogens is 1. The number of aromatic nitrogens is 1. The quantitative estimate of drug-likeness (QED) is 0.606. The number of ether oxygens (including phenoxy) is 1. The summed E-state index contributed by atoms with van der Waals surface area (Å²) >= 11 is 0. The average Bonchev–Trinajstić information content (AvgIpc) is 2.68. The van der Waals surface area contributed by atoms with Crippen LogP contribution >= 0.6 is 0 Å². The Morgan fingerprint density at radius 1 is 1.04 bits per heavy atom. The van der Waals surface area contributed by atoms with E-state index in [1.165, 1.54) is 6.07 Å². The van der Waals surface area contributed by atoms with Crippen LogP contribution in [0.25, 0.3) is 10.9 Å². The molecule has 0 fully saturated rings. The molecule has 0 unspecified atom stereocenters. The monoisotopic (exact) mass is 379 g/mol. The van der Waals surface area contributed by atoms with Crippen molar-refractivity contribution in [2.75, 3.05) is 0 Å². The van der Waals surface area contributed by atoms with Crippen LogP contribution < -0.4 is 21.1 Å². The van der Waals surface area contributed by atoms with Gasteiger partial charge < -0.3 is 9.72 Å². The molecule has 7 nitrogen and oxygen atoms in total. The zero-order valence-corrected chi connectivity index (χ0v) is 15.8. The Bertz CT molecular complexity index is 1100. The summed E-state index contributed by atoms with van der Waals surface area (Å²) in [6.07, 6.45) is -0.822. The Kier molecular flexibility index (Phi) is 5.44. The molecule has 1 heterocycles. The van der Waals surface area contributed by atoms with E-state index in [2.05, 4.69) is 15.8 Å². The topological polar surface area (TPSA) is 100 Å². The number of carbonyl (C=O) groups excluding carboxylic acids is 2. The first-order valence-electron chi connectivity index (χ1n) is 8.82. The van der Waals surface area contributed by atoms with E-state index >= 15 is 0 Å². The highest BCUT2D eigenvalue weighted by atomic mass is 16.5. The number of hydrazine groups is 1. The van der Waals surface area contributed by atoms with Gasteiger partial charge in [0.1, 0.15) is 5.75 Å². The third-order valence-corrected chi connectivity index (χ3v) is 4.52. The van der Waals surface area contributed by atoms with Crippen molar-refractivity contribution in [2.45, 2.75) is 26.9 Å². The fourth-order valence-electron chi connectivity index (χ4n) is 2.78. The van der Waals surface area contributed by atoms with Crippen molar-refractivity contribution in [3.8, 4) is 5.75 Å². The SMILES string of the molecule is Cc1cccc(O[C@@H](C)C(=O)NNC(=O)c2cc(=O)[nH]c3ccccc23)c1C. The number of pyridine rings is 1. The molecule has 3 aromatic rings. The van der Waals surface area contributed by atoms with Crippen LogP contribution in [0.1, 0.15) is 28.4 Å². The van der Waals surface area contributed by atoms with Crippen LogP contribution in [0.4, 0.5) is 0 Å². The first-order chi connectivity index (χ1) is 13.4. The van der Waals surface area contributed by atoms with E-state index in [-0.39, 0.29) is 5.56 Å². The zero-order valence-electron chi connectivity index (χ0n) is 15.8. The lowest BCUT2D eigenvalue weighted by Crippen LogP contribution is -2.47. The highest BCUT2D eigenvalue weighted by Gasteiger charge is 2.18. The summed E-state index contributed by atoms with van der Waals surface area (Å²) < 4.78 is 5.70. The minimum absolute atomic E-state index is 0.169. The van der Waals surface area contributed by atoms with Gasteiger partial charge in [-0.1, -0.05) is 30.3 Å². The summed E-state index contributed by atoms with van der Waals surface area (Å²) in [7, 11) is 0. The summed E-state index contributed by atoms with van der Waals surface area (Å²) in [5, 5.41) is 0.577. The number of rotatable bonds is 4. The number of aromatic amines is 1. The van der Waals surface area contributed by atoms with Crippen molar-refractivity contribution in [1.82, 2.24) is 15.8 Å². The zero-order chi connectivity index (χ0) is 20.3. The number of fused-ring (bicyclic) bond motifs is 1. The molecule has 0 aliphatic rings. The second-order valence-corrected chi connectivity index (χ2v) is 6.49. The maximum absolute atomic E-state index is 12.5. The minimum Gasteiger partial charge on any atom is -0.481 e. The number of aryl methyl sites for hydroxylation is 1. The van der Waals surface area contributed by atoms with Crippen LogP contribution in [0, 0.1) is 13.8 Å². The first kappa shape index (κ1) is 19.2. The van der Waals surface area contributed by atoms with Gasteiger partial charge in [-0.2, -0.15) is 0 Å². The van der Waals surface area contributed by atoms with Crippen molar-refractivity contribution in [2.24, 2.45) is 0 Å². The molecule has 2 aromatic carbocycles. The van der Waals surface area contributed by atoms with Crippen molar-refractivity contribution in [3.63, 3.8) is 0 Å². The number of hydrogen-bond donors (Lipinski definition) is 3. The molecule has 7 heteroatoms. The molecule has 1 atom stereocenters. The van der Waals surface area contributed by atoms with Crippen LogP contribution in [0.5, 0.6) is 5.75 Å². The lowest BCUT2D eigenvalue weighted by Gasteiger charge is -2.17. The van der Waals surface area contributed by atoms with Gasteiger partial charge in [0.15, 0.2) is 6.10 Å². The molecule has 0 saturated carbocycles. The summed E-state index contributed by atoms with van der Waals surface area (Å²) in [5.41, 5.74) is 6.99. The summed E-state index contributed by atoms with van der Waals surface area (Å²) in [6.45, 7) is 5.46. The first-order valence-corrected chi connectivity index (χ1v) is 8.82. The van der Waals surface area contributed by atoms with Gasteiger partial charge in [0, 0.05) is 17.0 Å². The van der Waals surface area contributed by atoms with Gasteiger partial charge in [-0.3, -0.25) is 25.2 Å². The van der Waals surface area contributed by atoms with Gasteiger partial charge in [-0.05, 0) is 44.0 Å². The van der Waals surface area contributed by atoms with Crippen molar-refractivity contribution < 1.29 is 14.3 Å². The molecule has 3 N–H and O–H groups in total. The maximum Gasteiger partial charge on any atom is 0.279 e. The van der Waals surface area contributed by atoms with Gasteiger partial charge in [-0.15, -0.1) is 0 Å². The molecule has 0 radical (unpaired) electrons. The Labute approximate surface area is 161 Å². The molecule has 144 valence electrons. The summed E-state index contributed by atoms with van der Waals surface area (Å²) in [5.74, 6) is -0.493. The number of carbonyl (C=O) groups is 2. The Morgan fingerprint density at radius 2 is 1.79 bits per heavy atom. The fourth-order valence-corrected chi connectivity index (χ4v) is 2.78. The number of hydrogen-bond acceptors (Lipinski definition) is 4. The van der Waals surface area contributed by atoms with Crippen LogP contribution in [0.2, 0.25) is 0 Å². The second-order valence-electron chi connectivity index (χ2n) is 6.49. The standard InChI is InChI=1S/C21H21N3O4/c1-12-7-6-10-18(13(12)2)28-14(3)20(26)23-24-21(27)16-11-19(25)22-17-9-5-4-8-15(16)17/h4-11,14H,1-3H3,(H,22,25)(H,23,26)(H,24,27)/t14-/m0/s1. The molecule has 28 heavy (non-hydrogen) atoms. The van der Waals surface area contributed by atoms with Crippen molar-refractivity contribution >= 4 is 22.7 Å². The molecule has 2 amide bonds. The number of amides is 2. The Hall–Kier alpha value is -3.61. The van der Waals surface area contributed by atoms with E-state index in [1.807, 2.05) is 26.0 Å². The van der Waals surface area contributed by atoms with E-state index in [0.29, 0.717) is 16.7 Å². The van der Waals surface area contributed by atoms with E-state index < -0.39 is 23.5 Å². The van der Waals surface area contributed by atoms with E-state index in [0.717, 1.165) is 11.1 Å². The van der Waals surface area contributed by atoms with Crippen molar-refractivity contribution in [3.05, 3.63) is 75.6 Å². The minimum atomic E-state index is -0.822. The fraction of sp³-hybridized carbons (Fsp3) is 0.190. The number of para-hydroxylation sites is 1. The van der Waals surface area contributed by atoms with Gasteiger partial charge >= 0.3 is 0 Å². The van der Waals surface area contributed by atoms with Gasteiger partial charge in [0.2, 0.25) is 5.56 Å². The maximum atomic E-state index is 12.5. The normalized spacial score (nSPS) is 11.7. The Morgan fingerprint density at radius 3 is 2.57 bits per heavy atom. The lowest BCUT2D eigenvalue weighted by molar-refractivity contribution is -0.128. The molecular formula is C21H21N3O4. The molecule has 0 aliphatic carbocycles. The predicted molar refractivity (Wildman–Crippen MR) is 106 cm³/mol. The van der Waals surface area contributed by atoms with Crippen LogP contribution in [0.3, 0.4) is 0 Å². The largest absolute Gasteiger partial charge is 0.481 e. The third-order valence-electron chi connectivity index (χ3n) is 4.52. The number of nitrogens with one attached hydrogen (secondary N) is 3. The molecular weight excluding hydrogens is 358 g/mol. The van der Waals surface area contributed by atoms with E-state index in [9.17, 15) is 14.4 Å². The van der Waals surface area contributed by atoms with Crippen LogP contribution in [-0.4, -0.2) is 22.9 Å². The summed E-state index contributed by atoms with van der Waals surface area (Å²) in [4.78, 5) is 39.2. The van der Waals surface area contributed by atoms with E-state index in [4.69, 9.17) is 4.74 Å². The summed E-state index contributed by atoms with van der Waals surface area (Å²) in [6, 6.07) is 13.7. The van der Waals surface area contributed by atoms with Gasteiger partial charge in [0.25, 0.3) is 11.8 Å². The van der Waals surface area contributed by atoms with Crippen molar-refractivity contribution in [1.29, 1.82) is 0 Å². The van der Waals surface area contributed by atoms with Gasteiger partial charge in [-0.25, -0.2) is 0 Å². The molecule has 0 spiro atoms. The third kappa shape index (κ3) is 4.03. The van der Waals surface area contributed by atoms with Crippen LogP contribution in [0.15, 0.2) is 53.3 Å². The molecule has 0 saturated heterocycles. The molecule has 0 aliphatic heterocycles. The number of benzene rings is 2. The predicted octanol–water partition coefficient (Wildman–Crippen LogP) is 2.37. The highest BCUT2D eigenvalue weighted by Crippen LogP contribution is 2.21. The smallest absolute Gasteiger partial charge is 0.279 e. The highest BCUT2D eigenvalue weighted by molar-refractivity contribution is 6.06. The second kappa shape index (κ2) is 7.96. The average molecular weight is 379 g/mol. The molecule has 0 bridgehead atoms. The lowest BCUT2D eigenvalue weighted by atomic mass is 10.1.